The highest BCUT2D eigenvalue weighted by Crippen LogP contribution is 2.50. The summed E-state index contributed by atoms with van der Waals surface area (Å²) in [4.78, 5) is 22.0. The molecule has 1 aliphatic heterocycles. The maximum Gasteiger partial charge on any atom is 0.310 e. The average Bonchev–Trinajstić information content (AvgIpc) is 2.49. The van der Waals surface area contributed by atoms with E-state index in [-0.39, 0.29) is 24.5 Å². The van der Waals surface area contributed by atoms with Crippen LogP contribution < -0.4 is 0 Å². The van der Waals surface area contributed by atoms with Crippen LogP contribution >= 0.6 is 11.8 Å². The van der Waals surface area contributed by atoms with Crippen molar-refractivity contribution in [2.75, 3.05) is 11.5 Å². The van der Waals surface area contributed by atoms with Crippen LogP contribution in [0.15, 0.2) is 0 Å². The van der Waals surface area contributed by atoms with Gasteiger partial charge in [0, 0.05) is 12.8 Å². The molecule has 3 nitrogen and oxygen atoms in total. The minimum Gasteiger partial charge on any atom is -0.481 e. The summed E-state index contributed by atoms with van der Waals surface area (Å²) < 4.78 is 0. The molecule has 1 heterocycles. The van der Waals surface area contributed by atoms with Gasteiger partial charge in [-0.1, -0.05) is 0 Å². The van der Waals surface area contributed by atoms with E-state index in [4.69, 9.17) is 5.11 Å². The second-order valence-corrected chi connectivity index (χ2v) is 5.06. The van der Waals surface area contributed by atoms with Gasteiger partial charge >= 0.3 is 5.97 Å². The normalized spacial score (nSPS) is 31.4. The van der Waals surface area contributed by atoms with Crippen LogP contribution in [-0.4, -0.2) is 28.4 Å². The molecule has 1 saturated carbocycles. The minimum absolute atomic E-state index is 0.110. The second-order valence-electron chi connectivity index (χ2n) is 3.91. The molecule has 0 radical (unpaired) electrons. The molecule has 13 heavy (non-hydrogen) atoms. The third-order valence-electron chi connectivity index (χ3n) is 3.16. The molecule has 0 amide bonds. The smallest absolute Gasteiger partial charge is 0.310 e. The fourth-order valence-electron chi connectivity index (χ4n) is 2.24. The van der Waals surface area contributed by atoms with Gasteiger partial charge in [0.1, 0.15) is 5.78 Å². The molecule has 2 rings (SSSR count). The first-order valence-corrected chi connectivity index (χ1v) is 5.63. The molecule has 1 N–H and O–H groups in total. The van der Waals surface area contributed by atoms with Gasteiger partial charge in [-0.15, -0.1) is 0 Å². The maximum absolute atomic E-state index is 11.1. The summed E-state index contributed by atoms with van der Waals surface area (Å²) >= 11 is 1.80. The van der Waals surface area contributed by atoms with Gasteiger partial charge in [0.05, 0.1) is 5.41 Å². The first-order chi connectivity index (χ1) is 6.15. The minimum atomic E-state index is -0.764. The van der Waals surface area contributed by atoms with Crippen LogP contribution in [0, 0.1) is 11.3 Å². The van der Waals surface area contributed by atoms with Crippen LogP contribution in [-0.2, 0) is 9.59 Å². The van der Waals surface area contributed by atoms with Crippen LogP contribution in [0.25, 0.3) is 0 Å². The van der Waals surface area contributed by atoms with Gasteiger partial charge in [0.15, 0.2) is 0 Å². The number of ketones is 1. The number of carbonyl (C=O) groups excluding carboxylic acids is 1. The van der Waals surface area contributed by atoms with E-state index in [0.717, 1.165) is 17.9 Å². The van der Waals surface area contributed by atoms with Crippen molar-refractivity contribution in [2.24, 2.45) is 11.3 Å². The predicted molar refractivity (Wildman–Crippen MR) is 49.7 cm³/mol. The van der Waals surface area contributed by atoms with Gasteiger partial charge in [-0.2, -0.15) is 11.8 Å². The number of aliphatic carboxylic acids is 1. The third-order valence-corrected chi connectivity index (χ3v) is 4.32. The predicted octanol–water partition coefficient (Wildman–Crippen LogP) is 1.17. The largest absolute Gasteiger partial charge is 0.481 e. The molecule has 1 aliphatic carbocycles. The third kappa shape index (κ3) is 1.27. The van der Waals surface area contributed by atoms with Crippen LogP contribution in [0.2, 0.25) is 0 Å². The molecule has 0 aromatic rings. The number of thioether (sulfide) groups is 1. The number of carbonyl (C=O) groups is 2. The van der Waals surface area contributed by atoms with Crippen LogP contribution in [0.5, 0.6) is 0 Å². The van der Waals surface area contributed by atoms with E-state index in [9.17, 15) is 9.59 Å². The number of rotatable bonds is 2. The Morgan fingerprint density at radius 3 is 2.62 bits per heavy atom. The Morgan fingerprint density at radius 2 is 2.23 bits per heavy atom. The first kappa shape index (κ1) is 9.06. The molecular formula is C9H12O3S. The highest BCUT2D eigenvalue weighted by atomic mass is 32.2. The number of carboxylic acids is 1. The number of hydrogen-bond donors (Lipinski definition) is 1. The second kappa shape index (κ2) is 3.01. The standard InChI is InChI=1S/C9H12O3S/c10-7-3-9(4-7,8(11)12)6-1-2-13-5-6/h6H,1-5H2,(H,11,12). The van der Waals surface area contributed by atoms with Crippen molar-refractivity contribution in [2.45, 2.75) is 19.3 Å². The van der Waals surface area contributed by atoms with E-state index in [1.54, 1.807) is 11.8 Å². The molecule has 0 aromatic heterocycles. The first-order valence-electron chi connectivity index (χ1n) is 4.48. The molecule has 72 valence electrons. The Bertz CT molecular complexity index is 248. The van der Waals surface area contributed by atoms with E-state index >= 15 is 0 Å². The lowest BCUT2D eigenvalue weighted by atomic mass is 9.60. The Hall–Kier alpha value is -0.510. The molecule has 1 atom stereocenters. The van der Waals surface area contributed by atoms with Crippen LogP contribution in [0.4, 0.5) is 0 Å². The molecule has 2 aliphatic rings. The topological polar surface area (TPSA) is 54.4 Å². The summed E-state index contributed by atoms with van der Waals surface area (Å²) in [5, 5.41) is 9.10. The van der Waals surface area contributed by atoms with Crippen molar-refractivity contribution in [1.82, 2.24) is 0 Å². The Labute approximate surface area is 80.9 Å². The van der Waals surface area contributed by atoms with Gasteiger partial charge in [0.25, 0.3) is 0 Å². The molecule has 2 fully saturated rings. The summed E-state index contributed by atoms with van der Waals surface area (Å²) in [7, 11) is 0. The lowest BCUT2D eigenvalue weighted by Gasteiger charge is -2.40. The van der Waals surface area contributed by atoms with Crippen LogP contribution in [0.3, 0.4) is 0 Å². The van der Waals surface area contributed by atoms with Crippen molar-refractivity contribution in [3.05, 3.63) is 0 Å². The van der Waals surface area contributed by atoms with Crippen LogP contribution in [0.1, 0.15) is 19.3 Å². The summed E-state index contributed by atoms with van der Waals surface area (Å²) in [5.41, 5.74) is -0.680. The fraction of sp³-hybridized carbons (Fsp3) is 0.778. The van der Waals surface area contributed by atoms with E-state index in [1.807, 2.05) is 0 Å². The zero-order valence-electron chi connectivity index (χ0n) is 7.28. The monoisotopic (exact) mass is 200 g/mol. The van der Waals surface area contributed by atoms with Crippen molar-refractivity contribution in [3.63, 3.8) is 0 Å². The van der Waals surface area contributed by atoms with Gasteiger partial charge in [0.2, 0.25) is 0 Å². The maximum atomic E-state index is 11.1. The molecule has 1 unspecified atom stereocenters. The van der Waals surface area contributed by atoms with Crippen molar-refractivity contribution < 1.29 is 14.7 Å². The van der Waals surface area contributed by atoms with Crippen molar-refractivity contribution >= 4 is 23.5 Å². The zero-order valence-corrected chi connectivity index (χ0v) is 8.10. The molecule has 0 bridgehead atoms. The Balaban J connectivity index is 2.14. The highest BCUT2D eigenvalue weighted by Gasteiger charge is 2.55. The van der Waals surface area contributed by atoms with Gasteiger partial charge < -0.3 is 5.11 Å². The van der Waals surface area contributed by atoms with Gasteiger partial charge in [-0.3, -0.25) is 9.59 Å². The number of hydrogen-bond acceptors (Lipinski definition) is 3. The lowest BCUT2D eigenvalue weighted by Crippen LogP contribution is -2.49. The summed E-state index contributed by atoms with van der Waals surface area (Å²) in [6.45, 7) is 0. The molecular weight excluding hydrogens is 188 g/mol. The number of Topliss-reactive ketones (excluding diaryl/α,β-unsaturated/α-hetero) is 1. The lowest BCUT2D eigenvalue weighted by molar-refractivity contribution is -0.165. The van der Waals surface area contributed by atoms with Crippen molar-refractivity contribution in [3.8, 4) is 0 Å². The average molecular weight is 200 g/mol. The summed E-state index contributed by atoms with van der Waals surface area (Å²) in [6.07, 6.45) is 1.51. The van der Waals surface area contributed by atoms with Gasteiger partial charge in [-0.25, -0.2) is 0 Å². The van der Waals surface area contributed by atoms with E-state index in [0.29, 0.717) is 0 Å². The number of carboxylic acid groups (broad SMARTS) is 1. The molecule has 1 saturated heterocycles. The zero-order chi connectivity index (χ0) is 9.47. The quantitative estimate of drug-likeness (QED) is 0.727. The van der Waals surface area contributed by atoms with E-state index in [2.05, 4.69) is 0 Å². The molecule has 0 spiro atoms. The fourth-order valence-corrected chi connectivity index (χ4v) is 3.62. The summed E-state index contributed by atoms with van der Waals surface area (Å²) in [6, 6.07) is 0. The SMILES string of the molecule is O=C1CC(C(=O)O)(C2CCSC2)C1. The summed E-state index contributed by atoms with van der Waals surface area (Å²) in [5.74, 6) is 1.54. The molecule has 0 aromatic carbocycles. The Morgan fingerprint density at radius 1 is 1.54 bits per heavy atom. The van der Waals surface area contributed by atoms with E-state index in [1.165, 1.54) is 0 Å². The van der Waals surface area contributed by atoms with Gasteiger partial charge in [-0.05, 0) is 23.8 Å². The molecule has 4 heteroatoms. The van der Waals surface area contributed by atoms with E-state index < -0.39 is 11.4 Å². The van der Waals surface area contributed by atoms with Crippen molar-refractivity contribution in [1.29, 1.82) is 0 Å². The Kier molecular flexibility index (Phi) is 2.10. The highest BCUT2D eigenvalue weighted by molar-refractivity contribution is 7.99.